The number of amides is 1. The number of carbonyl (C=O) groups is 3. The Hall–Kier alpha value is -1.84. The van der Waals surface area contributed by atoms with Gasteiger partial charge in [-0.15, -0.1) is 0 Å². The van der Waals surface area contributed by atoms with Crippen LogP contribution in [0.25, 0.3) is 0 Å². The molecule has 5 N–H and O–H groups in total. The minimum Gasteiger partial charge on any atom is -0.480 e. The van der Waals surface area contributed by atoms with Crippen molar-refractivity contribution in [3.63, 3.8) is 0 Å². The maximum Gasteiger partial charge on any atom is 0.490 e. The molecule has 0 saturated heterocycles. The van der Waals surface area contributed by atoms with Gasteiger partial charge in [-0.05, 0) is 25.7 Å². The highest BCUT2D eigenvalue weighted by atomic mass is 19.4. The summed E-state index contributed by atoms with van der Waals surface area (Å²) >= 11 is 0. The number of carboxylic acids is 2. The lowest BCUT2D eigenvalue weighted by molar-refractivity contribution is -0.192. The summed E-state index contributed by atoms with van der Waals surface area (Å²) in [4.78, 5) is 30.7. The normalized spacial score (nSPS) is 11.9. The van der Waals surface area contributed by atoms with Crippen molar-refractivity contribution in [3.05, 3.63) is 0 Å². The van der Waals surface area contributed by atoms with Crippen molar-refractivity contribution in [1.29, 1.82) is 0 Å². The average molecular weight is 372 g/mol. The summed E-state index contributed by atoms with van der Waals surface area (Å²) in [5, 5.41) is 18.5. The number of rotatable bonds is 11. The number of alkyl halides is 3. The molecule has 10 heteroatoms. The van der Waals surface area contributed by atoms with Gasteiger partial charge in [0, 0.05) is 13.0 Å². The first kappa shape index (κ1) is 25.4. The summed E-state index contributed by atoms with van der Waals surface area (Å²) < 4.78 is 31.7. The maximum absolute atomic E-state index is 11.4. The van der Waals surface area contributed by atoms with Crippen molar-refractivity contribution < 1.29 is 37.8 Å². The van der Waals surface area contributed by atoms with Crippen LogP contribution in [0.15, 0.2) is 0 Å². The van der Waals surface area contributed by atoms with Crippen LogP contribution in [0, 0.1) is 0 Å². The average Bonchev–Trinajstić information content (AvgIpc) is 2.50. The highest BCUT2D eigenvalue weighted by Gasteiger charge is 2.38. The fourth-order valence-corrected chi connectivity index (χ4v) is 1.64. The first-order valence-electron chi connectivity index (χ1n) is 8.07. The number of hydrogen-bond acceptors (Lipinski definition) is 4. The first-order valence-corrected chi connectivity index (χ1v) is 8.07. The Kier molecular flexibility index (Phi) is 14.7. The molecule has 1 amide bonds. The zero-order valence-electron chi connectivity index (χ0n) is 14.3. The predicted octanol–water partition coefficient (Wildman–Crippen LogP) is 2.29. The molecule has 0 aliphatic carbocycles. The van der Waals surface area contributed by atoms with Crippen LogP contribution in [-0.4, -0.2) is 46.8 Å². The molecule has 7 nitrogen and oxygen atoms in total. The second kappa shape index (κ2) is 14.5. The van der Waals surface area contributed by atoms with E-state index in [0.717, 1.165) is 25.7 Å². The Bertz CT molecular complexity index is 403. The van der Waals surface area contributed by atoms with Gasteiger partial charge in [-0.2, -0.15) is 13.2 Å². The van der Waals surface area contributed by atoms with Gasteiger partial charge in [-0.3, -0.25) is 9.59 Å². The molecule has 0 aromatic heterocycles. The van der Waals surface area contributed by atoms with Gasteiger partial charge in [-0.1, -0.05) is 26.2 Å². The molecule has 148 valence electrons. The van der Waals surface area contributed by atoms with E-state index in [-0.39, 0.29) is 5.91 Å². The van der Waals surface area contributed by atoms with Crippen LogP contribution < -0.4 is 11.1 Å². The Balaban J connectivity index is 0. The highest BCUT2D eigenvalue weighted by molar-refractivity contribution is 5.75. The van der Waals surface area contributed by atoms with Gasteiger partial charge in [0.05, 0.1) is 0 Å². The Labute approximate surface area is 144 Å². The van der Waals surface area contributed by atoms with Gasteiger partial charge in [0.25, 0.3) is 0 Å². The molecule has 1 atom stereocenters. The smallest absolute Gasteiger partial charge is 0.480 e. The van der Waals surface area contributed by atoms with E-state index in [0.29, 0.717) is 19.4 Å². The summed E-state index contributed by atoms with van der Waals surface area (Å²) in [7, 11) is 0. The van der Waals surface area contributed by atoms with Crippen LogP contribution in [0.5, 0.6) is 0 Å². The van der Waals surface area contributed by atoms with Crippen LogP contribution in [0.3, 0.4) is 0 Å². The molecule has 25 heavy (non-hydrogen) atoms. The molecule has 0 aromatic carbocycles. The molecule has 0 rings (SSSR count). The second-order valence-corrected chi connectivity index (χ2v) is 5.40. The number of carbonyl (C=O) groups excluding carboxylic acids is 1. The van der Waals surface area contributed by atoms with Gasteiger partial charge in [0.1, 0.15) is 6.04 Å². The van der Waals surface area contributed by atoms with Crippen molar-refractivity contribution in [2.24, 2.45) is 5.73 Å². The van der Waals surface area contributed by atoms with Crippen LogP contribution in [0.4, 0.5) is 13.2 Å². The van der Waals surface area contributed by atoms with Gasteiger partial charge in [-0.25, -0.2) is 4.79 Å². The SMILES string of the molecule is CCCCCCC(=O)NCCCCC(N)C(=O)O.O=C(O)C(F)(F)F. The standard InChI is InChI=1S/C13H26N2O3.C2HF3O2/c1-2-3-4-5-9-12(16)15-10-7-6-8-11(14)13(17)18;3-2(4,5)1(6)7/h11H,2-10,14H2,1H3,(H,15,16)(H,17,18);(H,6,7). The van der Waals surface area contributed by atoms with E-state index in [1.807, 2.05) is 0 Å². The van der Waals surface area contributed by atoms with E-state index in [1.165, 1.54) is 12.8 Å². The third-order valence-corrected chi connectivity index (χ3v) is 3.08. The van der Waals surface area contributed by atoms with E-state index in [1.54, 1.807) is 0 Å². The van der Waals surface area contributed by atoms with Crippen molar-refractivity contribution in [1.82, 2.24) is 5.32 Å². The summed E-state index contributed by atoms with van der Waals surface area (Å²) in [5.41, 5.74) is 5.37. The lowest BCUT2D eigenvalue weighted by Gasteiger charge is -2.07. The van der Waals surface area contributed by atoms with E-state index < -0.39 is 24.2 Å². The number of halogens is 3. The number of unbranched alkanes of at least 4 members (excludes halogenated alkanes) is 4. The van der Waals surface area contributed by atoms with Crippen LogP contribution in [0.2, 0.25) is 0 Å². The van der Waals surface area contributed by atoms with Gasteiger partial charge in [0.15, 0.2) is 0 Å². The fourth-order valence-electron chi connectivity index (χ4n) is 1.64. The number of nitrogens with two attached hydrogens (primary N) is 1. The summed E-state index contributed by atoms with van der Waals surface area (Å²) in [6.45, 7) is 2.75. The van der Waals surface area contributed by atoms with Crippen LogP contribution in [-0.2, 0) is 14.4 Å². The Morgan fingerprint density at radius 3 is 2.04 bits per heavy atom. The van der Waals surface area contributed by atoms with Gasteiger partial charge < -0.3 is 21.3 Å². The fraction of sp³-hybridized carbons (Fsp3) is 0.800. The zero-order valence-corrected chi connectivity index (χ0v) is 14.3. The van der Waals surface area contributed by atoms with Crippen molar-refractivity contribution in [2.45, 2.75) is 70.5 Å². The maximum atomic E-state index is 11.4. The van der Waals surface area contributed by atoms with Crippen LogP contribution in [0.1, 0.15) is 58.3 Å². The molecule has 0 spiro atoms. The van der Waals surface area contributed by atoms with E-state index in [2.05, 4.69) is 12.2 Å². The molecule has 0 radical (unpaired) electrons. The van der Waals surface area contributed by atoms with Gasteiger partial charge in [0.2, 0.25) is 5.91 Å². The Morgan fingerprint density at radius 2 is 1.60 bits per heavy atom. The van der Waals surface area contributed by atoms with Crippen molar-refractivity contribution in [2.75, 3.05) is 6.54 Å². The number of carboxylic acid groups (broad SMARTS) is 2. The Morgan fingerprint density at radius 1 is 1.04 bits per heavy atom. The minimum absolute atomic E-state index is 0.0913. The molecular weight excluding hydrogens is 345 g/mol. The molecule has 0 heterocycles. The largest absolute Gasteiger partial charge is 0.490 e. The molecule has 0 saturated carbocycles. The molecule has 0 aliphatic rings. The summed E-state index contributed by atoms with van der Waals surface area (Å²) in [6.07, 6.45) is 1.88. The number of hydrogen-bond donors (Lipinski definition) is 4. The highest BCUT2D eigenvalue weighted by Crippen LogP contribution is 2.13. The lowest BCUT2D eigenvalue weighted by Crippen LogP contribution is -2.30. The van der Waals surface area contributed by atoms with Crippen molar-refractivity contribution in [3.8, 4) is 0 Å². The number of nitrogens with one attached hydrogen (secondary N) is 1. The van der Waals surface area contributed by atoms with Crippen LogP contribution >= 0.6 is 0 Å². The summed E-state index contributed by atoms with van der Waals surface area (Å²) in [6, 6.07) is -0.783. The van der Waals surface area contributed by atoms with E-state index in [4.69, 9.17) is 20.7 Å². The zero-order chi connectivity index (χ0) is 19.9. The monoisotopic (exact) mass is 372 g/mol. The molecule has 1 unspecified atom stereocenters. The third-order valence-electron chi connectivity index (χ3n) is 3.08. The molecule has 0 aromatic rings. The predicted molar refractivity (Wildman–Crippen MR) is 84.9 cm³/mol. The number of aliphatic carboxylic acids is 2. The topological polar surface area (TPSA) is 130 Å². The molecule has 0 bridgehead atoms. The first-order chi connectivity index (χ1) is 11.5. The molecule has 0 fully saturated rings. The van der Waals surface area contributed by atoms with Crippen molar-refractivity contribution >= 4 is 17.8 Å². The summed E-state index contributed by atoms with van der Waals surface area (Å²) in [5.74, 6) is -3.63. The quantitative estimate of drug-likeness (QED) is 0.412. The molecule has 0 aliphatic heterocycles. The second-order valence-electron chi connectivity index (χ2n) is 5.40. The molecular formula is C15H27F3N2O5. The van der Waals surface area contributed by atoms with E-state index >= 15 is 0 Å². The minimum atomic E-state index is -5.08. The lowest BCUT2D eigenvalue weighted by atomic mass is 10.1. The van der Waals surface area contributed by atoms with Gasteiger partial charge >= 0.3 is 18.1 Å². The third kappa shape index (κ3) is 18.3. The van der Waals surface area contributed by atoms with E-state index in [9.17, 15) is 22.8 Å².